The molecule has 1 N–H and O–H groups in total. The molecule has 1 fully saturated rings. The summed E-state index contributed by atoms with van der Waals surface area (Å²) in [6, 6.07) is 10.2. The molecular formula is C23H22Cl2N2O4S2. The number of hydrogen-bond donors (Lipinski definition) is 1. The van der Waals surface area contributed by atoms with Crippen LogP contribution in [-0.4, -0.2) is 40.3 Å². The van der Waals surface area contributed by atoms with Crippen molar-refractivity contribution in [3.63, 3.8) is 0 Å². The third kappa shape index (κ3) is 6.20. The van der Waals surface area contributed by atoms with Crippen molar-refractivity contribution >= 4 is 75.1 Å². The number of carbonyl (C=O) groups excluding carboxylic acids is 2. The minimum Gasteiger partial charge on any atom is -0.490 e. The number of rotatable bonds is 8. The number of hydrogen-bond acceptors (Lipinski definition) is 6. The molecule has 0 unspecified atom stereocenters. The highest BCUT2D eigenvalue weighted by Gasteiger charge is 2.33. The zero-order chi connectivity index (χ0) is 24.1. The third-order valence-electron chi connectivity index (χ3n) is 4.49. The molecule has 0 radical (unpaired) electrons. The van der Waals surface area contributed by atoms with E-state index in [1.807, 2.05) is 20.8 Å². The van der Waals surface area contributed by atoms with E-state index in [0.29, 0.717) is 38.0 Å². The van der Waals surface area contributed by atoms with Crippen molar-refractivity contribution in [1.82, 2.24) is 4.90 Å². The maximum atomic E-state index is 12.6. The Morgan fingerprint density at radius 3 is 2.64 bits per heavy atom. The molecule has 1 saturated heterocycles. The van der Waals surface area contributed by atoms with E-state index in [0.717, 1.165) is 5.56 Å². The van der Waals surface area contributed by atoms with Gasteiger partial charge in [0, 0.05) is 6.04 Å². The Hall–Kier alpha value is -2.26. The fourth-order valence-electron chi connectivity index (χ4n) is 3.01. The highest BCUT2D eigenvalue weighted by Crippen LogP contribution is 2.36. The zero-order valence-corrected chi connectivity index (χ0v) is 21.3. The second-order valence-electron chi connectivity index (χ2n) is 7.22. The van der Waals surface area contributed by atoms with Crippen molar-refractivity contribution in [2.75, 3.05) is 18.5 Å². The van der Waals surface area contributed by atoms with E-state index in [2.05, 4.69) is 5.32 Å². The monoisotopic (exact) mass is 524 g/mol. The number of thiocarbonyl (C=S) groups is 1. The molecule has 1 heterocycles. The third-order valence-corrected chi connectivity index (χ3v) is 6.64. The van der Waals surface area contributed by atoms with Crippen molar-refractivity contribution in [3.8, 4) is 11.5 Å². The van der Waals surface area contributed by atoms with E-state index in [9.17, 15) is 9.59 Å². The first-order chi connectivity index (χ1) is 15.7. The predicted octanol–water partition coefficient (Wildman–Crippen LogP) is 6.02. The molecule has 3 rings (SSSR count). The molecule has 0 atom stereocenters. The normalized spacial score (nSPS) is 14.8. The van der Waals surface area contributed by atoms with Crippen LogP contribution < -0.4 is 14.8 Å². The molecule has 2 aromatic carbocycles. The number of nitrogens with zero attached hydrogens (tertiary/aromatic N) is 1. The zero-order valence-electron chi connectivity index (χ0n) is 18.2. The summed E-state index contributed by atoms with van der Waals surface area (Å²) >= 11 is 18.7. The van der Waals surface area contributed by atoms with Crippen LogP contribution in [0.1, 0.15) is 26.3 Å². The standard InChI is InChI=1S/C23H22Cl2N2O4S2/c1-4-30-18-10-14(11-19-22(29)27(13(2)3)23(32)33-19)8-9-17(18)31-12-20(28)26-16-7-5-6-15(24)21(16)25/h5-11,13H,4,12H2,1-3H3,(H,26,28)/b19-11-. The maximum absolute atomic E-state index is 12.6. The van der Waals surface area contributed by atoms with Gasteiger partial charge in [0.1, 0.15) is 4.32 Å². The van der Waals surface area contributed by atoms with Crippen LogP contribution in [0.15, 0.2) is 41.3 Å². The maximum Gasteiger partial charge on any atom is 0.266 e. The number of amides is 2. The molecule has 0 saturated carbocycles. The van der Waals surface area contributed by atoms with E-state index >= 15 is 0 Å². The first-order valence-electron chi connectivity index (χ1n) is 10.1. The highest BCUT2D eigenvalue weighted by molar-refractivity contribution is 8.26. The fraction of sp³-hybridized carbons (Fsp3) is 0.261. The van der Waals surface area contributed by atoms with Crippen LogP contribution in [0.25, 0.3) is 6.08 Å². The summed E-state index contributed by atoms with van der Waals surface area (Å²) in [5, 5.41) is 3.27. The van der Waals surface area contributed by atoms with E-state index in [4.69, 9.17) is 44.9 Å². The van der Waals surface area contributed by atoms with Gasteiger partial charge in [-0.2, -0.15) is 0 Å². The van der Waals surface area contributed by atoms with Crippen molar-refractivity contribution in [2.24, 2.45) is 0 Å². The second kappa shape index (κ2) is 11.2. The van der Waals surface area contributed by atoms with Crippen LogP contribution in [0.5, 0.6) is 11.5 Å². The van der Waals surface area contributed by atoms with Gasteiger partial charge in [-0.3, -0.25) is 14.5 Å². The number of benzene rings is 2. The van der Waals surface area contributed by atoms with Crippen LogP contribution in [-0.2, 0) is 9.59 Å². The SMILES string of the molecule is CCOc1cc(/C=C2\SC(=S)N(C(C)C)C2=O)ccc1OCC(=O)Nc1cccc(Cl)c1Cl. The van der Waals surface area contributed by atoms with Crippen molar-refractivity contribution in [2.45, 2.75) is 26.8 Å². The molecule has 33 heavy (non-hydrogen) atoms. The number of anilines is 1. The Morgan fingerprint density at radius 2 is 1.97 bits per heavy atom. The van der Waals surface area contributed by atoms with E-state index in [1.165, 1.54) is 11.8 Å². The number of carbonyl (C=O) groups is 2. The van der Waals surface area contributed by atoms with Crippen molar-refractivity contribution < 1.29 is 19.1 Å². The Bertz CT molecular complexity index is 1120. The average molecular weight is 525 g/mol. The lowest BCUT2D eigenvalue weighted by Gasteiger charge is -2.18. The summed E-state index contributed by atoms with van der Waals surface area (Å²) in [4.78, 5) is 27.1. The summed E-state index contributed by atoms with van der Waals surface area (Å²) in [5.41, 5.74) is 1.15. The minimum atomic E-state index is -0.400. The van der Waals surface area contributed by atoms with E-state index in [-0.39, 0.29) is 23.6 Å². The Balaban J connectivity index is 1.72. The molecule has 1 aliphatic rings. The lowest BCUT2D eigenvalue weighted by molar-refractivity contribution is -0.123. The summed E-state index contributed by atoms with van der Waals surface area (Å²) in [6.07, 6.45) is 1.77. The predicted molar refractivity (Wildman–Crippen MR) is 138 cm³/mol. The van der Waals surface area contributed by atoms with Gasteiger partial charge in [-0.15, -0.1) is 0 Å². The molecular weight excluding hydrogens is 503 g/mol. The van der Waals surface area contributed by atoms with Crippen LogP contribution in [0, 0.1) is 0 Å². The van der Waals surface area contributed by atoms with Gasteiger partial charge in [0.2, 0.25) is 0 Å². The number of thioether (sulfide) groups is 1. The summed E-state index contributed by atoms with van der Waals surface area (Å²) in [6.45, 7) is 5.83. The largest absolute Gasteiger partial charge is 0.490 e. The van der Waals surface area contributed by atoms with Gasteiger partial charge in [-0.05, 0) is 56.7 Å². The lowest BCUT2D eigenvalue weighted by atomic mass is 10.1. The average Bonchev–Trinajstić information content (AvgIpc) is 3.04. The van der Waals surface area contributed by atoms with Gasteiger partial charge in [0.25, 0.3) is 11.8 Å². The molecule has 0 spiro atoms. The van der Waals surface area contributed by atoms with Crippen LogP contribution in [0.4, 0.5) is 5.69 Å². The molecule has 174 valence electrons. The molecule has 0 bridgehead atoms. The topological polar surface area (TPSA) is 67.9 Å². The van der Waals surface area contributed by atoms with Crippen LogP contribution >= 0.6 is 47.2 Å². The molecule has 1 aliphatic heterocycles. The van der Waals surface area contributed by atoms with Gasteiger partial charge in [0.05, 0.1) is 27.2 Å². The molecule has 0 aromatic heterocycles. The molecule has 0 aliphatic carbocycles. The molecule has 2 aromatic rings. The Labute approximate surface area is 212 Å². The molecule has 10 heteroatoms. The quantitative estimate of drug-likeness (QED) is 0.336. The first kappa shape index (κ1) is 25.4. The van der Waals surface area contributed by atoms with Gasteiger partial charge in [-0.1, -0.05) is 59.3 Å². The Kier molecular flexibility index (Phi) is 8.64. The molecule has 2 amide bonds. The number of halogens is 2. The second-order valence-corrected chi connectivity index (χ2v) is 9.68. The smallest absolute Gasteiger partial charge is 0.266 e. The van der Waals surface area contributed by atoms with Gasteiger partial charge in [0.15, 0.2) is 18.1 Å². The lowest BCUT2D eigenvalue weighted by Crippen LogP contribution is -2.34. The van der Waals surface area contributed by atoms with Gasteiger partial charge >= 0.3 is 0 Å². The van der Waals surface area contributed by atoms with Gasteiger partial charge < -0.3 is 14.8 Å². The number of ether oxygens (including phenoxy) is 2. The van der Waals surface area contributed by atoms with Crippen LogP contribution in [0.2, 0.25) is 10.0 Å². The highest BCUT2D eigenvalue weighted by atomic mass is 35.5. The number of nitrogens with one attached hydrogen (secondary N) is 1. The fourth-order valence-corrected chi connectivity index (χ4v) is 4.88. The van der Waals surface area contributed by atoms with Crippen molar-refractivity contribution in [1.29, 1.82) is 0 Å². The van der Waals surface area contributed by atoms with E-state index < -0.39 is 5.91 Å². The van der Waals surface area contributed by atoms with Crippen LogP contribution in [0.3, 0.4) is 0 Å². The molecule has 6 nitrogen and oxygen atoms in total. The summed E-state index contributed by atoms with van der Waals surface area (Å²) < 4.78 is 11.9. The van der Waals surface area contributed by atoms with Crippen molar-refractivity contribution in [3.05, 3.63) is 56.9 Å². The van der Waals surface area contributed by atoms with E-state index in [1.54, 1.807) is 47.4 Å². The minimum absolute atomic E-state index is 0.00824. The summed E-state index contributed by atoms with van der Waals surface area (Å²) in [7, 11) is 0. The van der Waals surface area contributed by atoms with Gasteiger partial charge in [-0.25, -0.2) is 0 Å². The Morgan fingerprint density at radius 1 is 1.21 bits per heavy atom. The first-order valence-corrected chi connectivity index (χ1v) is 12.1. The summed E-state index contributed by atoms with van der Waals surface area (Å²) in [5.74, 6) is 0.341.